The normalized spacial score (nSPS) is 17.9. The van der Waals surface area contributed by atoms with Gasteiger partial charge in [-0.2, -0.15) is 10.4 Å². The molecule has 0 radical (unpaired) electrons. The van der Waals surface area contributed by atoms with Gasteiger partial charge in [0.25, 0.3) is 0 Å². The molecule has 0 aliphatic carbocycles. The van der Waals surface area contributed by atoms with E-state index < -0.39 is 21.9 Å². The Morgan fingerprint density at radius 1 is 1.41 bits per heavy atom. The van der Waals surface area contributed by atoms with Gasteiger partial charge in [0.05, 0.1) is 11.1 Å². The Bertz CT molecular complexity index is 949. The molecule has 2 N–H and O–H groups in total. The highest BCUT2D eigenvalue weighted by molar-refractivity contribution is 7.90. The van der Waals surface area contributed by atoms with Crippen molar-refractivity contribution in [2.45, 2.75) is 63.5 Å². The van der Waals surface area contributed by atoms with E-state index in [9.17, 15) is 14.2 Å². The number of nitriles is 1. The molecule has 5 nitrogen and oxygen atoms in total. The number of hydrogen-bond donors (Lipinski definition) is 1. The van der Waals surface area contributed by atoms with Crippen LogP contribution in [-0.2, 0) is 16.1 Å². The smallest absolute Gasteiger partial charge is 0.140 e. The van der Waals surface area contributed by atoms with Gasteiger partial charge < -0.3 is 9.29 Å². The first-order chi connectivity index (χ1) is 13.7. The first-order valence-electron chi connectivity index (χ1n) is 9.93. The molecule has 1 fully saturated rings. The maximum Gasteiger partial charge on any atom is 0.140 e. The van der Waals surface area contributed by atoms with E-state index >= 15 is 0 Å². The van der Waals surface area contributed by atoms with Crippen LogP contribution in [0.15, 0.2) is 12.1 Å². The molecule has 2 heterocycles. The van der Waals surface area contributed by atoms with Crippen molar-refractivity contribution in [2.24, 2.45) is 5.14 Å². The first-order valence-corrected chi connectivity index (χ1v) is 11.1. The summed E-state index contributed by atoms with van der Waals surface area (Å²) >= 11 is -1.51. The SMILES string of the molecule is Cc1c(C2CCOCC2)nc2c(C(C)CC(C)(C)[S+](N)[O-])cc(F)cc2c1C#N. The van der Waals surface area contributed by atoms with E-state index in [1.54, 1.807) is 0 Å². The number of halogens is 1. The maximum absolute atomic E-state index is 14.5. The number of rotatable bonds is 5. The van der Waals surface area contributed by atoms with Crippen molar-refractivity contribution in [3.8, 4) is 6.07 Å². The largest absolute Gasteiger partial charge is 0.598 e. The Kier molecular flexibility index (Phi) is 6.49. The molecule has 1 aromatic carbocycles. The molecule has 1 aliphatic rings. The van der Waals surface area contributed by atoms with E-state index in [4.69, 9.17) is 14.9 Å². The molecule has 1 aliphatic heterocycles. The predicted octanol–water partition coefficient (Wildman–Crippen LogP) is 4.34. The summed E-state index contributed by atoms with van der Waals surface area (Å²) in [4.78, 5) is 4.96. The molecular formula is C22H28FN3O2S. The fourth-order valence-electron chi connectivity index (χ4n) is 4.29. The summed E-state index contributed by atoms with van der Waals surface area (Å²) < 4.78 is 31.3. The third-order valence-electron chi connectivity index (χ3n) is 5.96. The minimum absolute atomic E-state index is 0.125. The van der Waals surface area contributed by atoms with Gasteiger partial charge in [0.1, 0.15) is 16.6 Å². The van der Waals surface area contributed by atoms with Crippen molar-refractivity contribution in [3.63, 3.8) is 0 Å². The van der Waals surface area contributed by atoms with Crippen molar-refractivity contribution < 1.29 is 13.7 Å². The van der Waals surface area contributed by atoms with Crippen molar-refractivity contribution in [1.82, 2.24) is 4.98 Å². The quantitative estimate of drug-likeness (QED) is 0.730. The molecular weight excluding hydrogens is 389 g/mol. The van der Waals surface area contributed by atoms with Crippen molar-refractivity contribution in [3.05, 3.63) is 40.3 Å². The number of nitrogens with zero attached hydrogens (tertiary/aromatic N) is 2. The summed E-state index contributed by atoms with van der Waals surface area (Å²) in [6, 6.07) is 5.15. The lowest BCUT2D eigenvalue weighted by atomic mass is 9.86. The molecule has 0 amide bonds. The zero-order valence-electron chi connectivity index (χ0n) is 17.4. The minimum atomic E-state index is -1.51. The molecule has 0 saturated carbocycles. The maximum atomic E-state index is 14.5. The lowest BCUT2D eigenvalue weighted by Crippen LogP contribution is -2.38. The number of aromatic nitrogens is 1. The zero-order chi connectivity index (χ0) is 21.3. The van der Waals surface area contributed by atoms with E-state index in [2.05, 4.69) is 6.07 Å². The van der Waals surface area contributed by atoms with Gasteiger partial charge in [-0.3, -0.25) is 4.98 Å². The number of pyridine rings is 1. The second-order valence-corrected chi connectivity index (χ2v) is 10.2. The van der Waals surface area contributed by atoms with E-state index in [1.165, 1.54) is 12.1 Å². The number of benzene rings is 1. The molecule has 0 bridgehead atoms. The lowest BCUT2D eigenvalue weighted by molar-refractivity contribution is 0.0844. The van der Waals surface area contributed by atoms with Gasteiger partial charge in [-0.25, -0.2) is 4.39 Å². The van der Waals surface area contributed by atoms with Gasteiger partial charge in [-0.15, -0.1) is 0 Å². The van der Waals surface area contributed by atoms with Crippen LogP contribution in [0.5, 0.6) is 0 Å². The predicted molar refractivity (Wildman–Crippen MR) is 113 cm³/mol. The summed E-state index contributed by atoms with van der Waals surface area (Å²) in [7, 11) is 0. The van der Waals surface area contributed by atoms with Gasteiger partial charge in [0.2, 0.25) is 0 Å². The Labute approximate surface area is 174 Å². The molecule has 156 valence electrons. The molecule has 2 aromatic rings. The van der Waals surface area contributed by atoms with Crippen molar-refractivity contribution >= 4 is 22.3 Å². The summed E-state index contributed by atoms with van der Waals surface area (Å²) in [6.45, 7) is 8.89. The van der Waals surface area contributed by atoms with Crippen LogP contribution in [0.4, 0.5) is 4.39 Å². The number of nitrogens with two attached hydrogens (primary N) is 1. The van der Waals surface area contributed by atoms with Crippen LogP contribution in [0.2, 0.25) is 0 Å². The number of hydrogen-bond acceptors (Lipinski definition) is 5. The fraction of sp³-hybridized carbons (Fsp3) is 0.545. The molecule has 0 spiro atoms. The third kappa shape index (κ3) is 4.41. The summed E-state index contributed by atoms with van der Waals surface area (Å²) in [5.74, 6) is -0.302. The minimum Gasteiger partial charge on any atom is -0.598 e. The van der Waals surface area contributed by atoms with Crippen LogP contribution in [-0.4, -0.2) is 27.5 Å². The Hall–Kier alpha value is -1.72. The number of ether oxygens (including phenoxy) is 1. The average Bonchev–Trinajstić information content (AvgIpc) is 2.67. The molecule has 7 heteroatoms. The second kappa shape index (κ2) is 8.57. The molecule has 29 heavy (non-hydrogen) atoms. The summed E-state index contributed by atoms with van der Waals surface area (Å²) in [5, 5.41) is 16.0. The Morgan fingerprint density at radius 2 is 2.07 bits per heavy atom. The van der Waals surface area contributed by atoms with Crippen LogP contribution in [0.25, 0.3) is 10.9 Å². The highest BCUT2D eigenvalue weighted by Crippen LogP contribution is 2.38. The van der Waals surface area contributed by atoms with Gasteiger partial charge in [-0.05, 0) is 62.8 Å². The van der Waals surface area contributed by atoms with E-state index in [0.29, 0.717) is 36.1 Å². The fourth-order valence-corrected chi connectivity index (χ4v) is 4.70. The van der Waals surface area contributed by atoms with Crippen molar-refractivity contribution in [1.29, 1.82) is 5.26 Å². The molecule has 1 aromatic heterocycles. The van der Waals surface area contributed by atoms with Crippen molar-refractivity contribution in [2.75, 3.05) is 13.2 Å². The second-order valence-electron chi connectivity index (χ2n) is 8.55. The zero-order valence-corrected chi connectivity index (χ0v) is 18.2. The standard InChI is InChI=1S/C22H28FN3O2S/c1-13(11-22(3,4)29(25)27)17-9-16(23)10-18-19(12-24)14(2)20(26-21(17)18)15-5-7-28-8-6-15/h9-10,13,15H,5-8,11,25H2,1-4H3. The van der Waals surface area contributed by atoms with Gasteiger partial charge in [-0.1, -0.05) is 6.92 Å². The molecule has 1 saturated heterocycles. The highest BCUT2D eigenvalue weighted by atomic mass is 32.2. The summed E-state index contributed by atoms with van der Waals surface area (Å²) in [5.41, 5.74) is 3.58. The van der Waals surface area contributed by atoms with Crippen LogP contribution in [0.3, 0.4) is 0 Å². The van der Waals surface area contributed by atoms with Crippen LogP contribution < -0.4 is 5.14 Å². The van der Waals surface area contributed by atoms with E-state index in [0.717, 1.165) is 29.7 Å². The topological polar surface area (TPSA) is 95.0 Å². The van der Waals surface area contributed by atoms with Gasteiger partial charge in [0.15, 0.2) is 0 Å². The average molecular weight is 418 g/mol. The summed E-state index contributed by atoms with van der Waals surface area (Å²) in [6.07, 6.45) is 2.23. The molecule has 2 atom stereocenters. The third-order valence-corrected chi connectivity index (χ3v) is 7.21. The van der Waals surface area contributed by atoms with Gasteiger partial charge in [0, 0.05) is 48.0 Å². The van der Waals surface area contributed by atoms with E-state index in [1.807, 2.05) is 27.7 Å². The lowest BCUT2D eigenvalue weighted by Gasteiger charge is -2.28. The monoisotopic (exact) mass is 417 g/mol. The van der Waals surface area contributed by atoms with Crippen LogP contribution in [0, 0.1) is 24.1 Å². The van der Waals surface area contributed by atoms with Gasteiger partial charge >= 0.3 is 0 Å². The van der Waals surface area contributed by atoms with Crippen LogP contribution in [0.1, 0.15) is 74.3 Å². The van der Waals surface area contributed by atoms with Crippen LogP contribution >= 0.6 is 0 Å². The number of fused-ring (bicyclic) bond motifs is 1. The Morgan fingerprint density at radius 3 is 2.66 bits per heavy atom. The first kappa shape index (κ1) is 22.0. The molecule has 3 rings (SSSR count). The Balaban J connectivity index is 2.19. The molecule has 2 unspecified atom stereocenters. The van der Waals surface area contributed by atoms with E-state index in [-0.39, 0.29) is 11.8 Å². The highest BCUT2D eigenvalue weighted by Gasteiger charge is 2.33.